The number of rotatable bonds is 5. The van der Waals surface area contributed by atoms with E-state index in [2.05, 4.69) is 42.6 Å². The van der Waals surface area contributed by atoms with Crippen molar-refractivity contribution in [2.24, 2.45) is 0 Å². The molecule has 27 heavy (non-hydrogen) atoms. The number of nitrogens with zero attached hydrogens (tertiary/aromatic N) is 2. The van der Waals surface area contributed by atoms with Crippen LogP contribution in [0.3, 0.4) is 0 Å². The summed E-state index contributed by atoms with van der Waals surface area (Å²) in [5, 5.41) is 3.17. The van der Waals surface area contributed by atoms with E-state index in [-0.39, 0.29) is 12.0 Å². The Bertz CT molecular complexity index is 946. The average molecular weight is 381 g/mol. The van der Waals surface area contributed by atoms with Crippen molar-refractivity contribution < 1.29 is 9.53 Å². The number of pyridine rings is 1. The molecule has 140 valence electrons. The maximum atomic E-state index is 12.3. The van der Waals surface area contributed by atoms with E-state index < -0.39 is 0 Å². The third kappa shape index (κ3) is 4.04. The van der Waals surface area contributed by atoms with Crippen molar-refractivity contribution >= 4 is 28.1 Å². The van der Waals surface area contributed by atoms with Crippen molar-refractivity contribution in [1.82, 2.24) is 9.88 Å². The predicted molar refractivity (Wildman–Crippen MR) is 110 cm³/mol. The number of hydrogen-bond donors (Lipinski definition) is 0. The topological polar surface area (TPSA) is 42.4 Å². The molecule has 4 rings (SSSR count). The van der Waals surface area contributed by atoms with Crippen molar-refractivity contribution in [3.8, 4) is 10.6 Å². The van der Waals surface area contributed by atoms with Gasteiger partial charge in [-0.15, -0.1) is 11.3 Å². The SMILES string of the molecule is CC(=O)N(Cc1cc2ccc(C)cc2nc1-c1cccs1)CC1CCCO1. The Hall–Kier alpha value is -2.24. The lowest BCUT2D eigenvalue weighted by molar-refractivity contribution is -0.131. The largest absolute Gasteiger partial charge is 0.376 e. The van der Waals surface area contributed by atoms with Crippen molar-refractivity contribution in [2.75, 3.05) is 13.2 Å². The fourth-order valence-electron chi connectivity index (χ4n) is 3.61. The molecule has 4 nitrogen and oxygen atoms in total. The molecular weight excluding hydrogens is 356 g/mol. The summed E-state index contributed by atoms with van der Waals surface area (Å²) in [7, 11) is 0. The van der Waals surface area contributed by atoms with E-state index in [1.807, 2.05) is 11.0 Å². The highest BCUT2D eigenvalue weighted by Gasteiger charge is 2.22. The van der Waals surface area contributed by atoms with E-state index in [1.165, 1.54) is 5.56 Å². The number of thiophene rings is 1. The molecule has 0 bridgehead atoms. The highest BCUT2D eigenvalue weighted by Crippen LogP contribution is 2.30. The van der Waals surface area contributed by atoms with Crippen LogP contribution >= 0.6 is 11.3 Å². The van der Waals surface area contributed by atoms with Gasteiger partial charge >= 0.3 is 0 Å². The van der Waals surface area contributed by atoms with Gasteiger partial charge in [-0.1, -0.05) is 18.2 Å². The van der Waals surface area contributed by atoms with E-state index in [0.29, 0.717) is 13.1 Å². The molecule has 0 aliphatic carbocycles. The minimum atomic E-state index is 0.0756. The molecule has 3 aromatic rings. The van der Waals surface area contributed by atoms with Crippen LogP contribution in [0.5, 0.6) is 0 Å². The highest BCUT2D eigenvalue weighted by molar-refractivity contribution is 7.13. The molecule has 5 heteroatoms. The number of ether oxygens (including phenoxy) is 1. The smallest absolute Gasteiger partial charge is 0.219 e. The van der Waals surface area contributed by atoms with E-state index in [1.54, 1.807) is 18.3 Å². The highest BCUT2D eigenvalue weighted by atomic mass is 32.1. The maximum Gasteiger partial charge on any atom is 0.219 e. The summed E-state index contributed by atoms with van der Waals surface area (Å²) in [6.45, 7) is 5.72. The van der Waals surface area contributed by atoms with Gasteiger partial charge in [0.05, 0.1) is 22.2 Å². The molecule has 1 fully saturated rings. The standard InChI is InChI=1S/C22H24N2O2S/c1-15-7-8-17-12-18(13-24(16(2)25)14-19-5-3-9-26-19)22(23-20(17)11-15)21-6-4-10-27-21/h4,6-8,10-12,19H,3,5,9,13-14H2,1-2H3. The first-order chi connectivity index (χ1) is 13.1. The molecule has 1 aliphatic rings. The summed E-state index contributed by atoms with van der Waals surface area (Å²) < 4.78 is 5.75. The number of carbonyl (C=O) groups excluding carboxylic acids is 1. The molecule has 0 radical (unpaired) electrons. The first-order valence-corrected chi connectivity index (χ1v) is 10.3. The van der Waals surface area contributed by atoms with Crippen molar-refractivity contribution in [2.45, 2.75) is 39.3 Å². The number of hydrogen-bond acceptors (Lipinski definition) is 4. The maximum absolute atomic E-state index is 12.3. The molecule has 1 unspecified atom stereocenters. The molecular formula is C22H24N2O2S. The summed E-state index contributed by atoms with van der Waals surface area (Å²) in [5.41, 5.74) is 4.25. The number of aryl methyl sites for hydroxylation is 1. The van der Waals surface area contributed by atoms with Crippen LogP contribution in [-0.2, 0) is 16.1 Å². The molecule has 0 N–H and O–H groups in total. The molecule has 1 saturated heterocycles. The second kappa shape index (κ2) is 7.79. The van der Waals surface area contributed by atoms with E-state index in [4.69, 9.17) is 9.72 Å². The number of fused-ring (bicyclic) bond motifs is 1. The molecule has 1 aromatic carbocycles. The van der Waals surface area contributed by atoms with Gasteiger partial charge in [0.2, 0.25) is 5.91 Å². The van der Waals surface area contributed by atoms with Crippen LogP contribution in [0.25, 0.3) is 21.5 Å². The van der Waals surface area contributed by atoms with Crippen LogP contribution < -0.4 is 0 Å². The van der Waals surface area contributed by atoms with Crippen LogP contribution in [0.2, 0.25) is 0 Å². The van der Waals surface area contributed by atoms with Gasteiger partial charge in [-0.05, 0) is 54.5 Å². The van der Waals surface area contributed by atoms with Crippen LogP contribution in [0, 0.1) is 6.92 Å². The van der Waals surface area contributed by atoms with Gasteiger partial charge in [0.15, 0.2) is 0 Å². The van der Waals surface area contributed by atoms with Crippen LogP contribution in [-0.4, -0.2) is 35.0 Å². The number of amides is 1. The second-order valence-corrected chi connectivity index (χ2v) is 8.15. The molecule has 1 atom stereocenters. The van der Waals surface area contributed by atoms with Crippen molar-refractivity contribution in [3.63, 3.8) is 0 Å². The van der Waals surface area contributed by atoms with Crippen molar-refractivity contribution in [3.05, 3.63) is 52.9 Å². The average Bonchev–Trinajstić information content (AvgIpc) is 3.34. The normalized spacial score (nSPS) is 16.7. The summed E-state index contributed by atoms with van der Waals surface area (Å²) in [5.74, 6) is 0.0756. The molecule has 3 heterocycles. The zero-order chi connectivity index (χ0) is 18.8. The fraction of sp³-hybridized carbons (Fsp3) is 0.364. The molecule has 1 amide bonds. The van der Waals surface area contributed by atoms with Gasteiger partial charge in [-0.3, -0.25) is 4.79 Å². The quantitative estimate of drug-likeness (QED) is 0.638. The molecule has 0 saturated carbocycles. The molecule has 0 spiro atoms. The molecule has 1 aliphatic heterocycles. The van der Waals surface area contributed by atoms with Gasteiger partial charge in [0.25, 0.3) is 0 Å². The zero-order valence-corrected chi connectivity index (χ0v) is 16.6. The Morgan fingerprint density at radius 2 is 2.22 bits per heavy atom. The van der Waals surface area contributed by atoms with Gasteiger partial charge in [0, 0.05) is 32.0 Å². The summed E-state index contributed by atoms with van der Waals surface area (Å²) >= 11 is 1.68. The Balaban J connectivity index is 1.72. The van der Waals surface area contributed by atoms with Gasteiger partial charge in [-0.25, -0.2) is 4.98 Å². The number of aromatic nitrogens is 1. The van der Waals surface area contributed by atoms with E-state index in [0.717, 1.165) is 46.5 Å². The van der Waals surface area contributed by atoms with Crippen LogP contribution in [0.15, 0.2) is 41.8 Å². The predicted octanol–water partition coefficient (Wildman–Crippen LogP) is 4.80. The third-order valence-corrected chi connectivity index (χ3v) is 5.94. The zero-order valence-electron chi connectivity index (χ0n) is 15.8. The number of benzene rings is 1. The third-order valence-electron chi connectivity index (χ3n) is 5.06. The Morgan fingerprint density at radius 1 is 1.33 bits per heavy atom. The lowest BCUT2D eigenvalue weighted by Crippen LogP contribution is -2.35. The summed E-state index contributed by atoms with van der Waals surface area (Å²) in [6.07, 6.45) is 2.25. The Labute approximate surface area is 163 Å². The Morgan fingerprint density at radius 3 is 2.93 bits per heavy atom. The molecule has 2 aromatic heterocycles. The van der Waals surface area contributed by atoms with Gasteiger partial charge in [0.1, 0.15) is 0 Å². The van der Waals surface area contributed by atoms with Gasteiger partial charge in [-0.2, -0.15) is 0 Å². The van der Waals surface area contributed by atoms with Gasteiger partial charge < -0.3 is 9.64 Å². The van der Waals surface area contributed by atoms with Crippen molar-refractivity contribution in [1.29, 1.82) is 0 Å². The lowest BCUT2D eigenvalue weighted by Gasteiger charge is -2.25. The Kier molecular flexibility index (Phi) is 5.23. The first-order valence-electron chi connectivity index (χ1n) is 9.41. The second-order valence-electron chi connectivity index (χ2n) is 7.20. The summed E-state index contributed by atoms with van der Waals surface area (Å²) in [6, 6.07) is 12.6. The van der Waals surface area contributed by atoms with Crippen LogP contribution in [0.1, 0.15) is 30.9 Å². The minimum absolute atomic E-state index is 0.0756. The monoisotopic (exact) mass is 380 g/mol. The van der Waals surface area contributed by atoms with Crippen LogP contribution in [0.4, 0.5) is 0 Å². The first kappa shape index (κ1) is 18.1. The fourth-order valence-corrected chi connectivity index (χ4v) is 4.36. The number of carbonyl (C=O) groups is 1. The minimum Gasteiger partial charge on any atom is -0.376 e. The van der Waals surface area contributed by atoms with E-state index in [9.17, 15) is 4.79 Å². The van der Waals surface area contributed by atoms with E-state index >= 15 is 0 Å². The lowest BCUT2D eigenvalue weighted by atomic mass is 10.1. The summed E-state index contributed by atoms with van der Waals surface area (Å²) in [4.78, 5) is 20.3.